The molecule has 1 saturated heterocycles. The lowest BCUT2D eigenvalue weighted by molar-refractivity contribution is -0.144. The number of hydrogen-bond acceptors (Lipinski definition) is 2. The summed E-state index contributed by atoms with van der Waals surface area (Å²) in [6, 6.07) is 0. The molecular formula is C10H18F2N2. The molecule has 4 heteroatoms. The average Bonchev–Trinajstić information content (AvgIpc) is 2.00. The van der Waals surface area contributed by atoms with E-state index in [4.69, 9.17) is 5.73 Å². The molecule has 14 heavy (non-hydrogen) atoms. The van der Waals surface area contributed by atoms with Gasteiger partial charge in [0.2, 0.25) is 0 Å². The Morgan fingerprint density at radius 2 is 2.00 bits per heavy atom. The standard InChI is InChI=1S/C10H18F2N2/c1-14-4-2-3-8(5-14)9(13)6-10(11,12)7-9/h8H,2-7,13H2,1H3. The molecule has 2 rings (SSSR count). The topological polar surface area (TPSA) is 29.3 Å². The van der Waals surface area contributed by atoms with Crippen LogP contribution in [0.3, 0.4) is 0 Å². The summed E-state index contributed by atoms with van der Waals surface area (Å²) in [4.78, 5) is 2.19. The number of nitrogens with zero attached hydrogens (tertiary/aromatic N) is 1. The Kier molecular flexibility index (Phi) is 2.31. The van der Waals surface area contributed by atoms with Gasteiger partial charge in [-0.25, -0.2) is 8.78 Å². The predicted molar refractivity (Wildman–Crippen MR) is 51.3 cm³/mol. The van der Waals surface area contributed by atoms with E-state index < -0.39 is 11.5 Å². The fraction of sp³-hybridized carbons (Fsp3) is 1.00. The van der Waals surface area contributed by atoms with E-state index in [2.05, 4.69) is 4.90 Å². The normalized spacial score (nSPS) is 36.4. The lowest BCUT2D eigenvalue weighted by atomic mass is 9.64. The highest BCUT2D eigenvalue weighted by atomic mass is 19.3. The van der Waals surface area contributed by atoms with Gasteiger partial charge in [0.05, 0.1) is 0 Å². The number of nitrogens with two attached hydrogens (primary N) is 1. The Labute approximate surface area is 83.4 Å². The molecule has 1 aliphatic heterocycles. The summed E-state index contributed by atoms with van der Waals surface area (Å²) in [5.41, 5.74) is 5.42. The summed E-state index contributed by atoms with van der Waals surface area (Å²) >= 11 is 0. The van der Waals surface area contributed by atoms with Crippen LogP contribution in [0.15, 0.2) is 0 Å². The number of halogens is 2. The smallest absolute Gasteiger partial charge is 0.251 e. The lowest BCUT2D eigenvalue weighted by Crippen LogP contribution is -2.64. The largest absolute Gasteiger partial charge is 0.324 e. The summed E-state index contributed by atoms with van der Waals surface area (Å²) in [6.07, 6.45) is 1.87. The Bertz CT molecular complexity index is 222. The number of piperidine rings is 1. The van der Waals surface area contributed by atoms with Crippen LogP contribution in [-0.2, 0) is 0 Å². The van der Waals surface area contributed by atoms with E-state index in [1.165, 1.54) is 0 Å². The van der Waals surface area contributed by atoms with Crippen LogP contribution in [0.2, 0.25) is 0 Å². The molecule has 1 unspecified atom stereocenters. The maximum absolute atomic E-state index is 12.8. The molecule has 82 valence electrons. The van der Waals surface area contributed by atoms with Crippen molar-refractivity contribution in [1.29, 1.82) is 0 Å². The molecule has 0 amide bonds. The first-order valence-corrected chi connectivity index (χ1v) is 5.27. The highest BCUT2D eigenvalue weighted by Crippen LogP contribution is 2.49. The number of likely N-dealkylation sites (tertiary alicyclic amines) is 1. The van der Waals surface area contributed by atoms with Crippen LogP contribution in [0.1, 0.15) is 25.7 Å². The summed E-state index contributed by atoms with van der Waals surface area (Å²) in [6.45, 7) is 1.95. The summed E-state index contributed by atoms with van der Waals surface area (Å²) in [5, 5.41) is 0. The summed E-state index contributed by atoms with van der Waals surface area (Å²) < 4.78 is 25.6. The van der Waals surface area contributed by atoms with Crippen LogP contribution in [0.25, 0.3) is 0 Å². The molecule has 0 aromatic carbocycles. The number of hydrogen-bond donors (Lipinski definition) is 1. The molecule has 2 fully saturated rings. The SMILES string of the molecule is CN1CCCC(C2(N)CC(F)(F)C2)C1. The van der Waals surface area contributed by atoms with Crippen molar-refractivity contribution in [2.24, 2.45) is 11.7 Å². The average molecular weight is 204 g/mol. The summed E-state index contributed by atoms with van der Waals surface area (Å²) in [5.74, 6) is -2.23. The van der Waals surface area contributed by atoms with Crippen molar-refractivity contribution in [3.8, 4) is 0 Å². The van der Waals surface area contributed by atoms with Gasteiger partial charge in [-0.05, 0) is 32.4 Å². The second-order valence-corrected chi connectivity index (χ2v) is 5.04. The third-order valence-corrected chi connectivity index (χ3v) is 3.61. The van der Waals surface area contributed by atoms with Crippen molar-refractivity contribution in [2.45, 2.75) is 37.1 Å². The van der Waals surface area contributed by atoms with E-state index in [-0.39, 0.29) is 18.8 Å². The van der Waals surface area contributed by atoms with Gasteiger partial charge in [0.1, 0.15) is 0 Å². The quantitative estimate of drug-likeness (QED) is 0.700. The molecular weight excluding hydrogens is 186 g/mol. The summed E-state index contributed by atoms with van der Waals surface area (Å²) in [7, 11) is 2.03. The van der Waals surface area contributed by atoms with Crippen molar-refractivity contribution in [3.05, 3.63) is 0 Å². The van der Waals surface area contributed by atoms with Crippen molar-refractivity contribution in [2.75, 3.05) is 20.1 Å². The van der Waals surface area contributed by atoms with Gasteiger partial charge in [0.15, 0.2) is 0 Å². The monoisotopic (exact) mass is 204 g/mol. The molecule has 1 heterocycles. The Hall–Kier alpha value is -0.220. The first kappa shape index (κ1) is 10.3. The molecule has 0 aromatic heterocycles. The first-order valence-electron chi connectivity index (χ1n) is 5.27. The fourth-order valence-electron chi connectivity index (χ4n) is 2.84. The maximum atomic E-state index is 12.8. The fourth-order valence-corrected chi connectivity index (χ4v) is 2.84. The molecule has 0 aromatic rings. The zero-order valence-corrected chi connectivity index (χ0v) is 8.60. The zero-order valence-electron chi connectivity index (χ0n) is 8.60. The van der Waals surface area contributed by atoms with Gasteiger partial charge in [-0.2, -0.15) is 0 Å². The van der Waals surface area contributed by atoms with Gasteiger partial charge < -0.3 is 10.6 Å². The number of rotatable bonds is 1. The third-order valence-electron chi connectivity index (χ3n) is 3.61. The van der Waals surface area contributed by atoms with Gasteiger partial charge in [-0.15, -0.1) is 0 Å². The Balaban J connectivity index is 1.95. The Morgan fingerprint density at radius 3 is 2.50 bits per heavy atom. The van der Waals surface area contributed by atoms with E-state index in [0.717, 1.165) is 25.9 Å². The molecule has 0 spiro atoms. The second-order valence-electron chi connectivity index (χ2n) is 5.04. The van der Waals surface area contributed by atoms with E-state index >= 15 is 0 Å². The highest BCUT2D eigenvalue weighted by Gasteiger charge is 2.57. The van der Waals surface area contributed by atoms with Crippen molar-refractivity contribution >= 4 is 0 Å². The minimum atomic E-state index is -2.50. The molecule has 1 atom stereocenters. The van der Waals surface area contributed by atoms with E-state index in [1.54, 1.807) is 0 Å². The van der Waals surface area contributed by atoms with Gasteiger partial charge >= 0.3 is 0 Å². The van der Waals surface area contributed by atoms with Crippen LogP contribution < -0.4 is 5.73 Å². The van der Waals surface area contributed by atoms with Gasteiger partial charge in [0.25, 0.3) is 5.92 Å². The molecule has 2 nitrogen and oxygen atoms in total. The number of alkyl halides is 2. The third kappa shape index (κ3) is 1.77. The zero-order chi connectivity index (χ0) is 10.4. The van der Waals surface area contributed by atoms with E-state index in [0.29, 0.717) is 0 Å². The minimum Gasteiger partial charge on any atom is -0.324 e. The van der Waals surface area contributed by atoms with Crippen LogP contribution in [0.5, 0.6) is 0 Å². The van der Waals surface area contributed by atoms with Crippen molar-refractivity contribution < 1.29 is 8.78 Å². The van der Waals surface area contributed by atoms with E-state index in [9.17, 15) is 8.78 Å². The molecule has 0 bridgehead atoms. The molecule has 1 saturated carbocycles. The Morgan fingerprint density at radius 1 is 1.36 bits per heavy atom. The molecule has 1 aliphatic carbocycles. The minimum absolute atomic E-state index is 0.113. The molecule has 2 aliphatic rings. The lowest BCUT2D eigenvalue weighted by Gasteiger charge is -2.51. The van der Waals surface area contributed by atoms with Gasteiger partial charge in [-0.1, -0.05) is 0 Å². The van der Waals surface area contributed by atoms with Crippen LogP contribution in [-0.4, -0.2) is 36.5 Å². The molecule has 0 radical (unpaired) electrons. The predicted octanol–water partition coefficient (Wildman–Crippen LogP) is 1.45. The van der Waals surface area contributed by atoms with Crippen molar-refractivity contribution in [1.82, 2.24) is 4.90 Å². The first-order chi connectivity index (χ1) is 6.41. The van der Waals surface area contributed by atoms with Gasteiger partial charge in [0, 0.05) is 24.9 Å². The van der Waals surface area contributed by atoms with Crippen LogP contribution in [0.4, 0.5) is 8.78 Å². The van der Waals surface area contributed by atoms with E-state index in [1.807, 2.05) is 7.05 Å². The van der Waals surface area contributed by atoms with Crippen molar-refractivity contribution in [3.63, 3.8) is 0 Å². The second kappa shape index (κ2) is 3.14. The van der Waals surface area contributed by atoms with Crippen LogP contribution >= 0.6 is 0 Å². The van der Waals surface area contributed by atoms with Crippen LogP contribution in [0, 0.1) is 5.92 Å². The van der Waals surface area contributed by atoms with Gasteiger partial charge in [-0.3, -0.25) is 0 Å². The maximum Gasteiger partial charge on any atom is 0.251 e. The highest BCUT2D eigenvalue weighted by molar-refractivity contribution is 5.08. The molecule has 2 N–H and O–H groups in total.